The number of halogens is 2. The van der Waals surface area contributed by atoms with Crippen LogP contribution in [0.25, 0.3) is 11.1 Å². The Morgan fingerprint density at radius 2 is 2.09 bits per heavy atom. The summed E-state index contributed by atoms with van der Waals surface area (Å²) in [6.07, 6.45) is 3.58. The third kappa shape index (κ3) is 1.91. The number of anilines is 2. The van der Waals surface area contributed by atoms with Crippen molar-refractivity contribution in [3.63, 3.8) is 0 Å². The second-order valence-electron chi connectivity index (χ2n) is 6.10. The van der Waals surface area contributed by atoms with Crippen LogP contribution in [-0.4, -0.2) is 17.4 Å². The van der Waals surface area contributed by atoms with Gasteiger partial charge < -0.3 is 16.8 Å². The topological polar surface area (TPSA) is 94.0 Å². The zero-order valence-corrected chi connectivity index (χ0v) is 12.9. The second kappa shape index (κ2) is 4.58. The number of benzene rings is 1. The minimum absolute atomic E-state index is 0.00400. The van der Waals surface area contributed by atoms with Crippen LogP contribution < -0.4 is 16.8 Å². The number of nitrogens with two attached hydrogens (primary N) is 2. The van der Waals surface area contributed by atoms with E-state index in [9.17, 15) is 9.18 Å². The van der Waals surface area contributed by atoms with Crippen LogP contribution in [0.4, 0.5) is 15.9 Å². The number of hydrogen-bond donors (Lipinski definition) is 3. The lowest BCUT2D eigenvalue weighted by Crippen LogP contribution is -2.16. The number of carbonyl (C=O) groups is 1. The van der Waals surface area contributed by atoms with E-state index in [1.807, 2.05) is 0 Å². The van der Waals surface area contributed by atoms with Crippen LogP contribution in [0.5, 0.6) is 0 Å². The summed E-state index contributed by atoms with van der Waals surface area (Å²) in [6.45, 7) is 0.801. The fourth-order valence-electron chi connectivity index (χ4n) is 3.26. The van der Waals surface area contributed by atoms with E-state index in [4.69, 9.17) is 23.1 Å². The fourth-order valence-corrected chi connectivity index (χ4v) is 3.70. The quantitative estimate of drug-likeness (QED) is 0.737. The van der Waals surface area contributed by atoms with Crippen LogP contribution in [0.1, 0.15) is 28.8 Å². The lowest BCUT2D eigenvalue weighted by atomic mass is 9.95. The Kier molecular flexibility index (Phi) is 2.84. The van der Waals surface area contributed by atoms with Gasteiger partial charge in [0.2, 0.25) is 0 Å². The molecule has 1 fully saturated rings. The first-order valence-electron chi connectivity index (χ1n) is 7.25. The van der Waals surface area contributed by atoms with Crippen molar-refractivity contribution >= 4 is 29.0 Å². The number of fused-ring (bicyclic) bond motifs is 2. The Morgan fingerprint density at radius 3 is 2.74 bits per heavy atom. The van der Waals surface area contributed by atoms with Crippen LogP contribution in [0.15, 0.2) is 18.3 Å². The highest BCUT2D eigenvalue weighted by Crippen LogP contribution is 2.57. The Balaban J connectivity index is 1.94. The summed E-state index contributed by atoms with van der Waals surface area (Å²) in [6, 6.07) is 2.95. The molecule has 5 nitrogen and oxygen atoms in total. The average molecular weight is 333 g/mol. The van der Waals surface area contributed by atoms with Crippen LogP contribution >= 0.6 is 11.6 Å². The van der Waals surface area contributed by atoms with Gasteiger partial charge in [0.1, 0.15) is 11.6 Å². The summed E-state index contributed by atoms with van der Waals surface area (Å²) in [5.74, 6) is -0.924. The van der Waals surface area contributed by atoms with Gasteiger partial charge in [-0.1, -0.05) is 11.6 Å². The van der Waals surface area contributed by atoms with Crippen molar-refractivity contribution in [3.8, 4) is 11.1 Å². The third-order valence-corrected chi connectivity index (χ3v) is 5.10. The molecule has 0 radical (unpaired) electrons. The molecule has 1 saturated carbocycles. The number of nitrogens with one attached hydrogen (secondary N) is 1. The van der Waals surface area contributed by atoms with Gasteiger partial charge in [0.15, 0.2) is 0 Å². The van der Waals surface area contributed by atoms with Crippen LogP contribution in [0.3, 0.4) is 0 Å². The number of rotatable bonds is 2. The number of hydrogen-bond acceptors (Lipinski definition) is 4. The summed E-state index contributed by atoms with van der Waals surface area (Å²) in [7, 11) is 0. The first kappa shape index (κ1) is 14.3. The normalized spacial score (nSPS) is 17.0. The van der Waals surface area contributed by atoms with E-state index < -0.39 is 11.7 Å². The van der Waals surface area contributed by atoms with Crippen LogP contribution in [-0.2, 0) is 5.41 Å². The Bertz CT molecular complexity index is 864. The predicted molar refractivity (Wildman–Crippen MR) is 87.0 cm³/mol. The minimum atomic E-state index is -0.910. The number of aromatic nitrogens is 1. The molecule has 5 N–H and O–H groups in total. The van der Waals surface area contributed by atoms with Gasteiger partial charge >= 0.3 is 0 Å². The largest absolute Gasteiger partial charge is 0.398 e. The van der Waals surface area contributed by atoms with Crippen molar-refractivity contribution in [2.75, 3.05) is 17.6 Å². The summed E-state index contributed by atoms with van der Waals surface area (Å²) >= 11 is 6.56. The summed E-state index contributed by atoms with van der Waals surface area (Å²) in [4.78, 5) is 15.8. The molecular formula is C16H14ClFN4O. The molecule has 1 aliphatic heterocycles. The molecule has 4 rings (SSSR count). The van der Waals surface area contributed by atoms with Crippen molar-refractivity contribution in [1.29, 1.82) is 0 Å². The molecule has 0 bridgehead atoms. The maximum absolute atomic E-state index is 14.7. The van der Waals surface area contributed by atoms with E-state index in [1.54, 1.807) is 0 Å². The van der Waals surface area contributed by atoms with Gasteiger partial charge in [-0.15, -0.1) is 0 Å². The average Bonchev–Trinajstić information content (AvgIpc) is 3.16. The molecule has 0 atom stereocenters. The molecule has 1 amide bonds. The summed E-state index contributed by atoms with van der Waals surface area (Å²) in [5.41, 5.74) is 12.1. The third-order valence-electron chi connectivity index (χ3n) is 4.70. The highest BCUT2D eigenvalue weighted by atomic mass is 35.5. The van der Waals surface area contributed by atoms with Crippen LogP contribution in [0, 0.1) is 5.82 Å². The van der Waals surface area contributed by atoms with Crippen molar-refractivity contribution < 1.29 is 9.18 Å². The van der Waals surface area contributed by atoms with Gasteiger partial charge in [-0.25, -0.2) is 9.37 Å². The number of nitrogens with zero attached hydrogens (tertiary/aromatic N) is 1. The van der Waals surface area contributed by atoms with Crippen LogP contribution in [0.2, 0.25) is 5.02 Å². The van der Waals surface area contributed by atoms with E-state index >= 15 is 0 Å². The first-order valence-corrected chi connectivity index (χ1v) is 7.63. The van der Waals surface area contributed by atoms with Gasteiger partial charge in [-0.3, -0.25) is 4.79 Å². The predicted octanol–water partition coefficient (Wildman–Crippen LogP) is 2.68. The Hall–Kier alpha value is -2.34. The zero-order chi connectivity index (χ0) is 16.4. The number of pyridine rings is 1. The maximum atomic E-state index is 14.7. The number of amides is 1. The highest BCUT2D eigenvalue weighted by Gasteiger charge is 2.51. The molecule has 7 heteroatoms. The Labute approximate surface area is 136 Å². The van der Waals surface area contributed by atoms with Crippen molar-refractivity contribution in [2.45, 2.75) is 18.3 Å². The van der Waals surface area contributed by atoms with Crippen molar-refractivity contribution in [2.24, 2.45) is 5.73 Å². The number of nitrogen functional groups attached to an aromatic ring is 1. The van der Waals surface area contributed by atoms with E-state index in [1.165, 1.54) is 18.3 Å². The molecule has 1 spiro atoms. The minimum Gasteiger partial charge on any atom is -0.398 e. The molecule has 0 unspecified atom stereocenters. The maximum Gasteiger partial charge on any atom is 0.253 e. The fraction of sp³-hybridized carbons (Fsp3) is 0.250. The van der Waals surface area contributed by atoms with E-state index in [0.29, 0.717) is 10.6 Å². The van der Waals surface area contributed by atoms with Gasteiger partial charge in [0, 0.05) is 40.5 Å². The monoisotopic (exact) mass is 332 g/mol. The molecule has 1 aromatic heterocycles. The molecule has 2 heterocycles. The lowest BCUT2D eigenvalue weighted by molar-refractivity contribution is 0.0997. The van der Waals surface area contributed by atoms with Gasteiger partial charge in [0.25, 0.3) is 5.91 Å². The number of carbonyl (C=O) groups excluding carboxylic acids is 1. The molecular weight excluding hydrogens is 319 g/mol. The SMILES string of the molecule is NC(=O)c1c(N)ccc(-c2cnc3c(c2Cl)C2(CC2)CN3)c1F. The van der Waals surface area contributed by atoms with E-state index in [2.05, 4.69) is 10.3 Å². The molecule has 118 valence electrons. The highest BCUT2D eigenvalue weighted by molar-refractivity contribution is 6.34. The molecule has 2 aliphatic rings. The first-order chi connectivity index (χ1) is 10.9. The second-order valence-corrected chi connectivity index (χ2v) is 6.48. The van der Waals surface area contributed by atoms with Crippen molar-refractivity contribution in [1.82, 2.24) is 4.98 Å². The molecule has 1 aromatic carbocycles. The van der Waals surface area contributed by atoms with E-state index in [-0.39, 0.29) is 22.2 Å². The molecule has 23 heavy (non-hydrogen) atoms. The Morgan fingerprint density at radius 1 is 1.35 bits per heavy atom. The van der Waals surface area contributed by atoms with Gasteiger partial charge in [-0.2, -0.15) is 0 Å². The zero-order valence-electron chi connectivity index (χ0n) is 12.1. The van der Waals surface area contributed by atoms with Gasteiger partial charge in [0.05, 0.1) is 10.6 Å². The standard InChI is InChI=1S/C16H14ClFN4O/c17-12-8(5-21-15-11(12)16(3-4-16)6-22-15)7-1-2-9(19)10(13(7)18)14(20)23/h1-2,5H,3-4,6,19H2,(H2,20,23)(H,21,22). The smallest absolute Gasteiger partial charge is 0.253 e. The summed E-state index contributed by atoms with van der Waals surface area (Å²) in [5, 5.41) is 3.71. The summed E-state index contributed by atoms with van der Waals surface area (Å²) < 4.78 is 14.7. The molecule has 0 saturated heterocycles. The molecule has 1 aliphatic carbocycles. The molecule has 2 aromatic rings. The number of primary amides is 1. The lowest BCUT2D eigenvalue weighted by Gasteiger charge is -2.14. The van der Waals surface area contributed by atoms with E-state index in [0.717, 1.165) is 30.8 Å². The van der Waals surface area contributed by atoms with Gasteiger partial charge in [-0.05, 0) is 25.0 Å². The van der Waals surface area contributed by atoms with Crippen molar-refractivity contribution in [3.05, 3.63) is 40.3 Å².